The average Bonchev–Trinajstić information content (AvgIpc) is 2.54. The van der Waals surface area contributed by atoms with Crippen LogP contribution in [0.25, 0.3) is 0 Å². The first-order valence-corrected chi connectivity index (χ1v) is 9.28. The summed E-state index contributed by atoms with van der Waals surface area (Å²) in [5.41, 5.74) is 1.73. The number of hydrogen-bond donors (Lipinski definition) is 2. The van der Waals surface area contributed by atoms with Crippen LogP contribution in [0.5, 0.6) is 5.75 Å². The first kappa shape index (κ1) is 15.5. The molecular formula is C20H30NO2+. The van der Waals surface area contributed by atoms with Gasteiger partial charge in [0.1, 0.15) is 18.3 Å². The van der Waals surface area contributed by atoms with Crippen LogP contribution in [-0.4, -0.2) is 24.9 Å². The number of quaternary nitrogens is 1. The monoisotopic (exact) mass is 316 g/mol. The van der Waals surface area contributed by atoms with E-state index in [2.05, 4.69) is 17.4 Å². The summed E-state index contributed by atoms with van der Waals surface area (Å²) in [6.45, 7) is 1.28. The first-order valence-electron chi connectivity index (χ1n) is 9.28. The van der Waals surface area contributed by atoms with Gasteiger partial charge >= 0.3 is 0 Å². The van der Waals surface area contributed by atoms with E-state index in [1.807, 2.05) is 12.1 Å². The Labute approximate surface area is 139 Å². The predicted molar refractivity (Wildman–Crippen MR) is 90.1 cm³/mol. The van der Waals surface area contributed by atoms with Crippen LogP contribution in [0.2, 0.25) is 0 Å². The van der Waals surface area contributed by atoms with E-state index >= 15 is 0 Å². The zero-order valence-corrected chi connectivity index (χ0v) is 14.2. The predicted octanol–water partition coefficient (Wildman–Crippen LogP) is 2.34. The third-order valence-corrected chi connectivity index (χ3v) is 6.87. The Bertz CT molecular complexity index is 504. The largest absolute Gasteiger partial charge is 0.497 e. The minimum Gasteiger partial charge on any atom is -0.497 e. The van der Waals surface area contributed by atoms with Gasteiger partial charge in [-0.15, -0.1) is 0 Å². The highest BCUT2D eigenvalue weighted by Gasteiger charge is 2.55. The summed E-state index contributed by atoms with van der Waals surface area (Å²) in [5, 5.41) is 12.5. The summed E-state index contributed by atoms with van der Waals surface area (Å²) < 4.78 is 5.23. The fourth-order valence-electron chi connectivity index (χ4n) is 6.19. The standard InChI is InChI=1S/C20H29NO2/c1-23-18-4-2-14(3-5-18)12-21-19(13-22)20-9-15-6-16(10-20)8-17(7-15)11-20/h2-5,15-17,19,21-22H,6-13H2,1H3/p+1/t15?,16?,17?,19-,20?/m0/s1. The van der Waals surface area contributed by atoms with Gasteiger partial charge in [0.25, 0.3) is 0 Å². The maximum atomic E-state index is 10.1. The summed E-state index contributed by atoms with van der Waals surface area (Å²) in [6, 6.07) is 8.72. The second-order valence-electron chi connectivity index (χ2n) is 8.36. The Morgan fingerprint density at radius 1 is 1.09 bits per heavy atom. The van der Waals surface area contributed by atoms with Crippen LogP contribution in [0.4, 0.5) is 0 Å². The maximum absolute atomic E-state index is 10.1. The molecule has 4 aliphatic rings. The van der Waals surface area contributed by atoms with Crippen molar-refractivity contribution in [2.45, 2.75) is 51.1 Å². The number of rotatable bonds is 6. The highest BCUT2D eigenvalue weighted by molar-refractivity contribution is 5.26. The molecule has 0 radical (unpaired) electrons. The van der Waals surface area contributed by atoms with E-state index in [1.165, 1.54) is 44.1 Å². The smallest absolute Gasteiger partial charge is 0.118 e. The van der Waals surface area contributed by atoms with Gasteiger partial charge in [-0.2, -0.15) is 0 Å². The molecule has 3 heteroatoms. The second-order valence-corrected chi connectivity index (χ2v) is 8.36. The quantitative estimate of drug-likeness (QED) is 0.846. The number of methoxy groups -OCH3 is 1. The number of aliphatic hydroxyl groups is 1. The molecule has 3 nitrogen and oxygen atoms in total. The summed E-state index contributed by atoms with van der Waals surface area (Å²) >= 11 is 0. The Kier molecular flexibility index (Phi) is 4.10. The van der Waals surface area contributed by atoms with Crippen molar-refractivity contribution in [2.24, 2.45) is 23.2 Å². The molecule has 0 saturated heterocycles. The lowest BCUT2D eigenvalue weighted by Crippen LogP contribution is -2.93. The second kappa shape index (κ2) is 6.10. The highest BCUT2D eigenvalue weighted by Crippen LogP contribution is 2.60. The molecule has 5 rings (SSSR count). The number of nitrogens with two attached hydrogens (primary N) is 1. The summed E-state index contributed by atoms with van der Waals surface area (Å²) in [6.07, 6.45) is 8.50. The van der Waals surface area contributed by atoms with Crippen LogP contribution < -0.4 is 10.1 Å². The average molecular weight is 316 g/mol. The SMILES string of the molecule is COc1ccc(C[NH2+][C@@H](CO)C23CC4CC(CC(C4)C2)C3)cc1. The molecule has 0 aliphatic heterocycles. The van der Waals surface area contributed by atoms with Crippen molar-refractivity contribution < 1.29 is 15.2 Å². The van der Waals surface area contributed by atoms with Crippen LogP contribution in [-0.2, 0) is 6.54 Å². The third kappa shape index (κ3) is 2.89. The van der Waals surface area contributed by atoms with Gasteiger partial charge in [0.2, 0.25) is 0 Å². The Morgan fingerprint density at radius 2 is 1.65 bits per heavy atom. The number of hydrogen-bond acceptors (Lipinski definition) is 2. The molecule has 1 aromatic carbocycles. The van der Waals surface area contributed by atoms with E-state index in [0.717, 1.165) is 30.0 Å². The fraction of sp³-hybridized carbons (Fsp3) is 0.700. The minimum absolute atomic E-state index is 0.322. The molecule has 0 aromatic heterocycles. The molecule has 1 aromatic rings. The van der Waals surface area contributed by atoms with Gasteiger partial charge in [-0.1, -0.05) is 0 Å². The molecule has 1 atom stereocenters. The van der Waals surface area contributed by atoms with Crippen LogP contribution >= 0.6 is 0 Å². The van der Waals surface area contributed by atoms with Crippen LogP contribution in [0.15, 0.2) is 24.3 Å². The van der Waals surface area contributed by atoms with Gasteiger partial charge in [0.15, 0.2) is 0 Å². The molecule has 0 unspecified atom stereocenters. The maximum Gasteiger partial charge on any atom is 0.118 e. The molecule has 4 aliphatic carbocycles. The molecule has 0 spiro atoms. The van der Waals surface area contributed by atoms with Gasteiger partial charge in [0, 0.05) is 11.0 Å². The topological polar surface area (TPSA) is 46.1 Å². The van der Waals surface area contributed by atoms with E-state index in [4.69, 9.17) is 4.74 Å². The first-order chi connectivity index (χ1) is 11.2. The molecule has 0 amide bonds. The normalized spacial score (nSPS) is 36.2. The summed E-state index contributed by atoms with van der Waals surface area (Å²) in [4.78, 5) is 0. The molecule has 3 N–H and O–H groups in total. The van der Waals surface area contributed by atoms with Crippen LogP contribution in [0, 0.1) is 23.2 Å². The Morgan fingerprint density at radius 3 is 2.13 bits per heavy atom. The van der Waals surface area contributed by atoms with Crippen molar-refractivity contribution >= 4 is 0 Å². The van der Waals surface area contributed by atoms with E-state index in [0.29, 0.717) is 18.1 Å². The minimum atomic E-state index is 0.322. The lowest BCUT2D eigenvalue weighted by atomic mass is 9.47. The number of benzene rings is 1. The van der Waals surface area contributed by atoms with E-state index in [1.54, 1.807) is 7.11 Å². The van der Waals surface area contributed by atoms with Crippen molar-refractivity contribution in [3.63, 3.8) is 0 Å². The van der Waals surface area contributed by atoms with Crippen molar-refractivity contribution in [1.82, 2.24) is 0 Å². The van der Waals surface area contributed by atoms with Gasteiger partial charge in [-0.05, 0) is 80.5 Å². The molecule has 4 bridgehead atoms. The zero-order valence-electron chi connectivity index (χ0n) is 14.2. The van der Waals surface area contributed by atoms with Gasteiger partial charge in [-0.25, -0.2) is 0 Å². The van der Waals surface area contributed by atoms with E-state index in [9.17, 15) is 5.11 Å². The highest BCUT2D eigenvalue weighted by atomic mass is 16.5. The van der Waals surface area contributed by atoms with Crippen LogP contribution in [0.1, 0.15) is 44.1 Å². The fourth-order valence-corrected chi connectivity index (χ4v) is 6.19. The molecule has 126 valence electrons. The third-order valence-electron chi connectivity index (χ3n) is 6.87. The lowest BCUT2D eigenvalue weighted by molar-refractivity contribution is -0.721. The molecule has 0 heterocycles. The lowest BCUT2D eigenvalue weighted by Gasteiger charge is -2.58. The number of ether oxygens (including phenoxy) is 1. The van der Waals surface area contributed by atoms with Crippen molar-refractivity contribution in [3.8, 4) is 5.75 Å². The summed E-state index contributed by atoms with van der Waals surface area (Å²) in [5.74, 6) is 3.76. The van der Waals surface area contributed by atoms with Crippen molar-refractivity contribution in [1.29, 1.82) is 0 Å². The summed E-state index contributed by atoms with van der Waals surface area (Å²) in [7, 11) is 1.70. The van der Waals surface area contributed by atoms with E-state index < -0.39 is 0 Å². The van der Waals surface area contributed by atoms with Crippen LogP contribution in [0.3, 0.4) is 0 Å². The van der Waals surface area contributed by atoms with Crippen molar-refractivity contribution in [3.05, 3.63) is 29.8 Å². The number of aliphatic hydroxyl groups excluding tert-OH is 1. The van der Waals surface area contributed by atoms with Gasteiger partial charge < -0.3 is 15.2 Å². The van der Waals surface area contributed by atoms with Crippen molar-refractivity contribution in [2.75, 3.05) is 13.7 Å². The van der Waals surface area contributed by atoms with E-state index in [-0.39, 0.29) is 0 Å². The Hall–Kier alpha value is -1.06. The molecular weight excluding hydrogens is 286 g/mol. The molecule has 4 fully saturated rings. The van der Waals surface area contributed by atoms with Gasteiger partial charge in [-0.3, -0.25) is 0 Å². The van der Waals surface area contributed by atoms with Gasteiger partial charge in [0.05, 0.1) is 13.7 Å². The molecule has 4 saturated carbocycles. The molecule has 23 heavy (non-hydrogen) atoms. The Balaban J connectivity index is 1.44. The zero-order chi connectivity index (χ0) is 15.9.